The van der Waals surface area contributed by atoms with Crippen molar-refractivity contribution in [2.75, 3.05) is 37.1 Å². The molecule has 0 spiro atoms. The van der Waals surface area contributed by atoms with Crippen molar-refractivity contribution >= 4 is 86.2 Å². The van der Waals surface area contributed by atoms with Crippen LogP contribution in [-0.2, 0) is 18.9 Å². The number of amides is 3. The highest BCUT2D eigenvalue weighted by atomic mass is 127. The van der Waals surface area contributed by atoms with Crippen LogP contribution in [0.4, 0.5) is 58.4 Å². The number of rotatable bonds is 18. The number of nitrogens with two attached hydrogens (primary N) is 1. The molecule has 3 aromatic carbocycles. The maximum atomic E-state index is 14.8. The van der Waals surface area contributed by atoms with E-state index >= 15 is 0 Å². The fourth-order valence-electron chi connectivity index (χ4n) is 10.8. The highest BCUT2D eigenvalue weighted by molar-refractivity contribution is 14.1. The first-order valence-electron chi connectivity index (χ1n) is 30.8. The normalized spacial score (nSPS) is 26.3. The second kappa shape index (κ2) is 33.6. The standard InChI is InChI=1S/C18H18F2N6O3.C17H15F2IN6O3.C16H13F2IN6O4.C9H10F2N6O4/c1-3-17(24-25-21)11(2)18(19,20)15(29-17)26-10-9-13(23-16(26)28)22-14(27)12-7-5-4-6-8-12;1-10-16(9-20,24-25-21)29-14(17(10,18)19)26-8-7-12(23-15(26)28)22-13(27)11-5-3-2-4-6-11;17-16(18)12(27)15(8-19,23-24-20)29-13(16)25-7-6-10(22-14(25)28)21-11(26)9-4-2-1-3-5-9;10-9(11)5(19)8(3-18,15-16-13)21-6(9)17-2-1-4(12)14-7(17)20/h4-11,15H,3H2,1-2H3,(H,22,23,27,28);2-8,10,14H,9H2,1H3,(H,22,23,27,28);1-7,12-13,27H,8H2,(H,21,22,26,28);1-2,5-6,18-19H,3H2,(H2,12,14,20)/t11-,15-,17-;10-,14-,16-;12-,13-,15-;5-,6-,8-/m1111/s1. The Balaban J connectivity index is 0.000000183. The molecule has 4 fully saturated rings. The Hall–Kier alpha value is -10.7. The molecule has 12 atom stereocenters. The lowest BCUT2D eigenvalue weighted by molar-refractivity contribution is -0.144. The van der Waals surface area contributed by atoms with Crippen molar-refractivity contribution in [3.05, 3.63) is 240 Å². The minimum Gasteiger partial charge on any atom is -0.393 e. The third-order valence-electron chi connectivity index (χ3n) is 16.8. The number of nitrogens with zero attached hydrogens (tertiary/aromatic N) is 20. The van der Waals surface area contributed by atoms with E-state index in [0.29, 0.717) is 35.0 Å². The van der Waals surface area contributed by atoms with E-state index in [1.807, 2.05) is 0 Å². The Morgan fingerprint density at radius 3 is 1.07 bits per heavy atom. The highest BCUT2D eigenvalue weighted by Crippen LogP contribution is 2.55. The number of carbonyl (C=O) groups excluding carboxylic acids is 3. The number of aromatic nitrogens is 8. The Morgan fingerprint density at radius 1 is 0.472 bits per heavy atom. The summed E-state index contributed by atoms with van der Waals surface area (Å²) in [5, 5.41) is 48.9. The first kappa shape index (κ1) is 82.9. The first-order valence-corrected chi connectivity index (χ1v) is 33.9. The molecule has 0 bridgehead atoms. The Bertz CT molecular complexity index is 4560. The molecule has 0 unspecified atom stereocenters. The van der Waals surface area contributed by atoms with E-state index in [-0.39, 0.29) is 38.5 Å². The zero-order valence-electron chi connectivity index (χ0n) is 55.4. The van der Waals surface area contributed by atoms with Gasteiger partial charge >= 0.3 is 34.6 Å². The van der Waals surface area contributed by atoms with Crippen LogP contribution < -0.4 is 44.4 Å². The summed E-state index contributed by atoms with van der Waals surface area (Å²) in [7, 11) is 0. The van der Waals surface area contributed by atoms with Crippen LogP contribution in [-0.4, -0.2) is 146 Å². The van der Waals surface area contributed by atoms with Crippen LogP contribution in [0.15, 0.2) is 180 Å². The molecule has 4 aromatic heterocycles. The number of benzene rings is 3. The fraction of sp³-hybridized carbons (Fsp3) is 0.383. The number of ether oxygens (including phenoxy) is 4. The van der Waals surface area contributed by atoms with Crippen LogP contribution in [0.2, 0.25) is 0 Å². The zero-order valence-corrected chi connectivity index (χ0v) is 59.7. The summed E-state index contributed by atoms with van der Waals surface area (Å²) in [5.41, 5.74) is 27.9. The first-order chi connectivity index (χ1) is 51.0. The molecule has 48 heteroatoms. The zero-order chi connectivity index (χ0) is 79.5. The van der Waals surface area contributed by atoms with Gasteiger partial charge in [0.1, 0.15) is 23.3 Å². The van der Waals surface area contributed by atoms with Crippen molar-refractivity contribution in [2.24, 2.45) is 32.3 Å². The van der Waals surface area contributed by atoms with Gasteiger partial charge in [0.25, 0.3) is 29.6 Å². The summed E-state index contributed by atoms with van der Waals surface area (Å²) < 4.78 is 139. The lowest BCUT2D eigenvalue weighted by Crippen LogP contribution is -2.47. The van der Waals surface area contributed by atoms with Crippen LogP contribution >= 0.6 is 45.2 Å². The molecule has 8 heterocycles. The number of halogens is 10. The maximum absolute atomic E-state index is 14.8. The lowest BCUT2D eigenvalue weighted by atomic mass is 9.92. The smallest absolute Gasteiger partial charge is 0.351 e. The topological polar surface area (TPSA) is 546 Å². The summed E-state index contributed by atoms with van der Waals surface area (Å²) in [6.45, 7) is 2.74. The second-order valence-electron chi connectivity index (χ2n) is 23.3. The van der Waals surface area contributed by atoms with Gasteiger partial charge in [-0.05, 0) is 89.2 Å². The minimum atomic E-state index is -4.02. The number of hydrogen-bond acceptors (Lipinski definition) is 23. The lowest BCUT2D eigenvalue weighted by Gasteiger charge is -2.25. The molecule has 7 aromatic rings. The molecule has 11 rings (SSSR count). The summed E-state index contributed by atoms with van der Waals surface area (Å²) >= 11 is 3.41. The van der Waals surface area contributed by atoms with Crippen molar-refractivity contribution in [3.63, 3.8) is 0 Å². The quantitative estimate of drug-likeness (QED) is 0.0105. The highest BCUT2D eigenvalue weighted by Gasteiger charge is 2.69. The van der Waals surface area contributed by atoms with Gasteiger partial charge in [-0.3, -0.25) is 32.7 Å². The molecule has 8 N–H and O–H groups in total. The molecular weight excluding hydrogens is 1690 g/mol. The molecule has 570 valence electrons. The third kappa shape index (κ3) is 16.7. The largest absolute Gasteiger partial charge is 0.393 e. The summed E-state index contributed by atoms with van der Waals surface area (Å²) in [5.74, 6) is -20.0. The van der Waals surface area contributed by atoms with E-state index in [4.69, 9.17) is 51.9 Å². The average molecular weight is 1740 g/mol. The molecule has 4 saturated heterocycles. The number of hydrogen-bond donors (Lipinski definition) is 7. The summed E-state index contributed by atoms with van der Waals surface area (Å²) in [6.07, 6.45) is -9.75. The number of anilines is 4. The summed E-state index contributed by atoms with van der Waals surface area (Å²) in [6, 6.07) is 29.2. The number of nitrogens with one attached hydrogen (secondary N) is 3. The predicted molar refractivity (Wildman–Crippen MR) is 375 cm³/mol. The molecule has 3 amide bonds. The van der Waals surface area contributed by atoms with E-state index < -0.39 is 143 Å². The molecule has 4 aliphatic heterocycles. The number of alkyl halides is 10. The van der Waals surface area contributed by atoms with Crippen LogP contribution in [0.3, 0.4) is 0 Å². The molecule has 0 saturated carbocycles. The van der Waals surface area contributed by atoms with Crippen LogP contribution in [0.1, 0.15) is 83.2 Å². The molecular formula is C60H56F8I2N24O14. The molecule has 108 heavy (non-hydrogen) atoms. The Kier molecular flexibility index (Phi) is 25.8. The van der Waals surface area contributed by atoms with Crippen molar-refractivity contribution < 1.29 is 83.8 Å². The van der Waals surface area contributed by atoms with Gasteiger partial charge in [0.2, 0.25) is 30.6 Å². The Morgan fingerprint density at radius 2 is 0.750 bits per heavy atom. The fourth-order valence-corrected chi connectivity index (χ4v) is 12.6. The van der Waals surface area contributed by atoms with Crippen molar-refractivity contribution in [1.82, 2.24) is 38.2 Å². The number of azide groups is 4. The van der Waals surface area contributed by atoms with E-state index in [2.05, 4.69) is 76.0 Å². The van der Waals surface area contributed by atoms with Crippen molar-refractivity contribution in [2.45, 2.75) is 111 Å². The van der Waals surface area contributed by atoms with E-state index in [1.54, 1.807) is 143 Å². The SMILES string of the molecule is CC[C@@]1(N=[N+]=[N-])O[C@@H](n2ccc(NC(=O)c3ccccc3)nc2=O)C(F)(F)[C@@H]1C.C[C@H]1C(F)(F)[C@H](n2ccc(NC(=O)c3ccccc3)nc2=O)O[C@@]1(CI)N=[N+]=[N-].[N-]=[N+]=N[C@]1(CI)O[C@@H](n2ccc(NC(=O)c3ccccc3)nc2=O)C(F)(F)[C@@H]1O.[N-]=[N+]=N[C@]1(CO)O[C@@H](n2ccc(N)nc2=O)C(F)(F)[C@@H]1O. The monoisotopic (exact) mass is 1740 g/mol. The van der Waals surface area contributed by atoms with Gasteiger partial charge in [-0.1, -0.05) is 141 Å². The number of nitrogen functional groups attached to an aromatic ring is 1. The molecule has 4 aliphatic rings. The minimum absolute atomic E-state index is 0.00227. The number of carbonyl (C=O) groups is 3. The van der Waals surface area contributed by atoms with Gasteiger partial charge in [0.15, 0.2) is 29.4 Å². The summed E-state index contributed by atoms with van der Waals surface area (Å²) in [4.78, 5) is 109. The van der Waals surface area contributed by atoms with Crippen LogP contribution in [0.5, 0.6) is 0 Å². The van der Waals surface area contributed by atoms with Gasteiger partial charge in [-0.25, -0.2) is 36.7 Å². The van der Waals surface area contributed by atoms with Crippen LogP contribution in [0.25, 0.3) is 41.8 Å². The van der Waals surface area contributed by atoms with Crippen molar-refractivity contribution in [3.8, 4) is 0 Å². The van der Waals surface area contributed by atoms with E-state index in [0.717, 1.165) is 36.9 Å². The predicted octanol–water partition coefficient (Wildman–Crippen LogP) is 9.26. The maximum Gasteiger partial charge on any atom is 0.351 e. The van der Waals surface area contributed by atoms with Gasteiger partial charge in [0.05, 0.1) is 18.4 Å². The van der Waals surface area contributed by atoms with E-state index in [9.17, 15) is 78.9 Å². The third-order valence-corrected chi connectivity index (χ3v) is 19.0. The second-order valence-corrected chi connectivity index (χ2v) is 24.8. The van der Waals surface area contributed by atoms with E-state index in [1.165, 1.54) is 26.0 Å². The van der Waals surface area contributed by atoms with Gasteiger partial charge in [-0.15, -0.1) is 0 Å². The molecule has 38 nitrogen and oxygen atoms in total. The number of aliphatic hydroxyl groups excluding tert-OH is 3. The van der Waals surface area contributed by atoms with Gasteiger partial charge in [-0.2, -0.15) is 37.5 Å². The molecule has 0 radical (unpaired) electrons. The molecule has 0 aliphatic carbocycles. The van der Waals surface area contributed by atoms with Crippen LogP contribution in [0, 0.1) is 11.8 Å². The van der Waals surface area contributed by atoms with Gasteiger partial charge < -0.3 is 56.0 Å². The Labute approximate surface area is 625 Å². The number of aliphatic hydroxyl groups is 3. The van der Waals surface area contributed by atoms with Gasteiger partial charge in [0, 0.05) is 70.0 Å². The average Bonchev–Trinajstić information content (AvgIpc) is 1.65. The van der Waals surface area contributed by atoms with Crippen molar-refractivity contribution in [1.29, 1.82) is 0 Å².